The van der Waals surface area contributed by atoms with Crippen LogP contribution in [0.4, 0.5) is 0 Å². The fourth-order valence-electron chi connectivity index (χ4n) is 3.63. The van der Waals surface area contributed by atoms with E-state index in [2.05, 4.69) is 5.16 Å². The summed E-state index contributed by atoms with van der Waals surface area (Å²) in [5, 5.41) is 4.92. The lowest BCUT2D eigenvalue weighted by atomic mass is 9.96. The van der Waals surface area contributed by atoms with E-state index in [1.165, 1.54) is 0 Å². The molecule has 1 aliphatic rings. The average Bonchev–Trinajstić information content (AvgIpc) is 3.17. The largest absolute Gasteiger partial charge is 0.466 e. The predicted octanol–water partition coefficient (Wildman–Crippen LogP) is 3.91. The zero-order valence-corrected chi connectivity index (χ0v) is 15.8. The SMILES string of the molecule is CCOC(=O)C1CCN(C(=O)c2ccc3noc(-c4ccccc4)c3c2)CC1. The van der Waals surface area contributed by atoms with Crippen LogP contribution in [0.5, 0.6) is 0 Å². The maximum atomic E-state index is 13.0. The molecule has 0 aliphatic carbocycles. The van der Waals surface area contributed by atoms with Crippen LogP contribution in [0.1, 0.15) is 30.1 Å². The number of likely N-dealkylation sites (tertiary alicyclic amines) is 1. The number of hydrogen-bond acceptors (Lipinski definition) is 5. The monoisotopic (exact) mass is 378 g/mol. The molecule has 2 aromatic carbocycles. The number of benzene rings is 2. The van der Waals surface area contributed by atoms with Crippen LogP contribution in [0.3, 0.4) is 0 Å². The van der Waals surface area contributed by atoms with Gasteiger partial charge in [-0.15, -0.1) is 0 Å². The summed E-state index contributed by atoms with van der Waals surface area (Å²) in [4.78, 5) is 26.7. The van der Waals surface area contributed by atoms with E-state index < -0.39 is 0 Å². The number of carbonyl (C=O) groups is 2. The molecule has 0 unspecified atom stereocenters. The normalized spacial score (nSPS) is 15.0. The van der Waals surface area contributed by atoms with E-state index in [0.29, 0.717) is 43.9 Å². The lowest BCUT2D eigenvalue weighted by molar-refractivity contribution is -0.149. The van der Waals surface area contributed by atoms with Crippen molar-refractivity contribution in [3.63, 3.8) is 0 Å². The topological polar surface area (TPSA) is 72.6 Å². The Morgan fingerprint density at radius 2 is 1.89 bits per heavy atom. The van der Waals surface area contributed by atoms with Crippen molar-refractivity contribution in [2.45, 2.75) is 19.8 Å². The van der Waals surface area contributed by atoms with E-state index in [-0.39, 0.29) is 17.8 Å². The molecule has 1 saturated heterocycles. The number of fused-ring (bicyclic) bond motifs is 1. The van der Waals surface area contributed by atoms with Crippen LogP contribution in [-0.2, 0) is 9.53 Å². The highest BCUT2D eigenvalue weighted by Crippen LogP contribution is 2.30. The van der Waals surface area contributed by atoms with Gasteiger partial charge in [-0.05, 0) is 38.0 Å². The number of nitrogens with zero attached hydrogens (tertiary/aromatic N) is 2. The maximum absolute atomic E-state index is 13.0. The number of rotatable bonds is 4. The van der Waals surface area contributed by atoms with E-state index in [9.17, 15) is 9.59 Å². The molecule has 2 heterocycles. The summed E-state index contributed by atoms with van der Waals surface area (Å²) in [5.41, 5.74) is 2.24. The molecular weight excluding hydrogens is 356 g/mol. The van der Waals surface area contributed by atoms with Crippen molar-refractivity contribution in [1.29, 1.82) is 0 Å². The maximum Gasteiger partial charge on any atom is 0.309 e. The lowest BCUT2D eigenvalue weighted by Gasteiger charge is -2.31. The van der Waals surface area contributed by atoms with E-state index in [1.807, 2.05) is 42.5 Å². The highest BCUT2D eigenvalue weighted by Gasteiger charge is 2.29. The number of hydrogen-bond donors (Lipinski definition) is 0. The third-order valence-electron chi connectivity index (χ3n) is 5.16. The van der Waals surface area contributed by atoms with Crippen molar-refractivity contribution < 1.29 is 18.8 Å². The summed E-state index contributed by atoms with van der Waals surface area (Å²) >= 11 is 0. The first-order valence-corrected chi connectivity index (χ1v) is 9.58. The predicted molar refractivity (Wildman–Crippen MR) is 105 cm³/mol. The highest BCUT2D eigenvalue weighted by molar-refractivity contribution is 6.01. The minimum atomic E-state index is -0.159. The molecule has 1 aliphatic heterocycles. The summed E-state index contributed by atoms with van der Waals surface area (Å²) in [5.74, 6) is 0.345. The van der Waals surface area contributed by atoms with Gasteiger partial charge in [-0.1, -0.05) is 35.5 Å². The van der Waals surface area contributed by atoms with Gasteiger partial charge in [0.15, 0.2) is 5.76 Å². The van der Waals surface area contributed by atoms with Crippen molar-refractivity contribution in [3.05, 3.63) is 54.1 Å². The molecule has 0 saturated carbocycles. The number of carbonyl (C=O) groups excluding carboxylic acids is 2. The van der Waals surface area contributed by atoms with Gasteiger partial charge in [-0.3, -0.25) is 9.59 Å². The Labute approximate surface area is 163 Å². The van der Waals surface area contributed by atoms with Crippen LogP contribution in [0, 0.1) is 5.92 Å². The van der Waals surface area contributed by atoms with Crippen LogP contribution < -0.4 is 0 Å². The summed E-state index contributed by atoms with van der Waals surface area (Å²) in [6.07, 6.45) is 1.27. The van der Waals surface area contributed by atoms with Crippen molar-refractivity contribution in [2.24, 2.45) is 5.92 Å². The molecule has 0 atom stereocenters. The number of aromatic nitrogens is 1. The zero-order chi connectivity index (χ0) is 19.5. The third-order valence-corrected chi connectivity index (χ3v) is 5.16. The second-order valence-electron chi connectivity index (χ2n) is 6.93. The number of esters is 1. The van der Waals surface area contributed by atoms with Gasteiger partial charge >= 0.3 is 5.97 Å². The van der Waals surface area contributed by atoms with Gasteiger partial charge in [0, 0.05) is 24.2 Å². The molecule has 3 aromatic rings. The Hall–Kier alpha value is -3.15. The van der Waals surface area contributed by atoms with E-state index in [4.69, 9.17) is 9.26 Å². The molecule has 1 amide bonds. The quantitative estimate of drug-likeness (QED) is 0.644. The molecule has 4 rings (SSSR count). The molecule has 0 N–H and O–H groups in total. The van der Waals surface area contributed by atoms with Gasteiger partial charge in [0.05, 0.1) is 17.9 Å². The minimum absolute atomic E-state index is 0.0376. The summed E-state index contributed by atoms with van der Waals surface area (Å²) in [7, 11) is 0. The summed E-state index contributed by atoms with van der Waals surface area (Å²) in [6, 6.07) is 15.1. The van der Waals surface area contributed by atoms with Crippen LogP contribution >= 0.6 is 0 Å². The van der Waals surface area contributed by atoms with Gasteiger partial charge < -0.3 is 14.2 Å². The average molecular weight is 378 g/mol. The third kappa shape index (κ3) is 3.50. The van der Waals surface area contributed by atoms with Crippen LogP contribution in [0.15, 0.2) is 53.1 Å². The summed E-state index contributed by atoms with van der Waals surface area (Å²) < 4.78 is 10.6. The van der Waals surface area contributed by atoms with E-state index >= 15 is 0 Å². The lowest BCUT2D eigenvalue weighted by Crippen LogP contribution is -2.40. The van der Waals surface area contributed by atoms with Crippen molar-refractivity contribution >= 4 is 22.8 Å². The number of ether oxygens (including phenoxy) is 1. The van der Waals surface area contributed by atoms with Crippen molar-refractivity contribution in [2.75, 3.05) is 19.7 Å². The van der Waals surface area contributed by atoms with Crippen LogP contribution in [-0.4, -0.2) is 41.6 Å². The molecule has 1 aromatic heterocycles. The Balaban J connectivity index is 1.53. The smallest absolute Gasteiger partial charge is 0.309 e. The van der Waals surface area contributed by atoms with E-state index in [1.54, 1.807) is 17.9 Å². The van der Waals surface area contributed by atoms with Gasteiger partial charge in [0.25, 0.3) is 5.91 Å². The molecule has 0 spiro atoms. The second-order valence-corrected chi connectivity index (χ2v) is 6.93. The zero-order valence-electron chi connectivity index (χ0n) is 15.8. The summed E-state index contributed by atoms with van der Waals surface area (Å²) in [6.45, 7) is 3.30. The van der Waals surface area contributed by atoms with Gasteiger partial charge in [-0.2, -0.15) is 0 Å². The standard InChI is InChI=1S/C22H22N2O4/c1-2-27-22(26)16-10-12-24(13-11-16)21(25)17-8-9-19-18(14-17)20(28-23-19)15-6-4-3-5-7-15/h3-9,14,16H,2,10-13H2,1H3. The van der Waals surface area contributed by atoms with Crippen molar-refractivity contribution in [1.82, 2.24) is 10.1 Å². The fourth-order valence-corrected chi connectivity index (χ4v) is 3.63. The molecular formula is C22H22N2O4. The Kier molecular flexibility index (Phi) is 5.10. The highest BCUT2D eigenvalue weighted by atomic mass is 16.5. The molecule has 144 valence electrons. The second kappa shape index (κ2) is 7.84. The Morgan fingerprint density at radius 3 is 2.61 bits per heavy atom. The fraction of sp³-hybridized carbons (Fsp3) is 0.318. The molecule has 28 heavy (non-hydrogen) atoms. The van der Waals surface area contributed by atoms with E-state index in [0.717, 1.165) is 16.5 Å². The van der Waals surface area contributed by atoms with Gasteiger partial charge in [0.2, 0.25) is 0 Å². The van der Waals surface area contributed by atoms with Gasteiger partial charge in [-0.25, -0.2) is 0 Å². The molecule has 0 radical (unpaired) electrons. The number of amides is 1. The minimum Gasteiger partial charge on any atom is -0.466 e. The Morgan fingerprint density at radius 1 is 1.14 bits per heavy atom. The van der Waals surface area contributed by atoms with Crippen LogP contribution in [0.25, 0.3) is 22.2 Å². The Bertz CT molecular complexity index is 988. The molecule has 6 nitrogen and oxygen atoms in total. The first kappa shape index (κ1) is 18.2. The van der Waals surface area contributed by atoms with Gasteiger partial charge in [0.1, 0.15) is 5.52 Å². The number of piperidine rings is 1. The first-order chi connectivity index (χ1) is 13.7. The molecule has 6 heteroatoms. The van der Waals surface area contributed by atoms with Crippen molar-refractivity contribution in [3.8, 4) is 11.3 Å². The molecule has 0 bridgehead atoms. The molecule has 1 fully saturated rings. The first-order valence-electron chi connectivity index (χ1n) is 9.58. The van der Waals surface area contributed by atoms with Crippen LogP contribution in [0.2, 0.25) is 0 Å².